The molecule has 1 N–H and O–H groups in total. The molecule has 0 aromatic heterocycles. The smallest absolute Gasteiger partial charge is 0.0843 e. The van der Waals surface area contributed by atoms with Crippen LogP contribution in [0, 0.1) is 5.41 Å². The number of aliphatic hydroxyl groups excluding tert-OH is 1. The van der Waals surface area contributed by atoms with Crippen molar-refractivity contribution >= 4 is 13.3 Å². The topological polar surface area (TPSA) is 20.2 Å². The summed E-state index contributed by atoms with van der Waals surface area (Å²) < 4.78 is 0. The van der Waals surface area contributed by atoms with E-state index in [1.165, 1.54) is 5.19 Å². The standard InChI is InChI=1S/C16H26OSi/c1-16(2)11-10-13(17)12-15(16)18(3,4)14-8-6-5-7-9-14/h5-9,13,15,17H,10-12H2,1-4H3/t13-,15-/m0/s1. The number of hydrogen-bond donors (Lipinski definition) is 1. The summed E-state index contributed by atoms with van der Waals surface area (Å²) in [6, 6.07) is 11.0. The molecule has 0 heterocycles. The van der Waals surface area contributed by atoms with Gasteiger partial charge in [-0.1, -0.05) is 62.5 Å². The normalized spacial score (nSPS) is 28.1. The summed E-state index contributed by atoms with van der Waals surface area (Å²) in [5.74, 6) is 0. The van der Waals surface area contributed by atoms with Crippen LogP contribution in [0.15, 0.2) is 30.3 Å². The van der Waals surface area contributed by atoms with Gasteiger partial charge >= 0.3 is 0 Å². The number of benzene rings is 1. The third kappa shape index (κ3) is 2.55. The largest absolute Gasteiger partial charge is 0.393 e. The van der Waals surface area contributed by atoms with Crippen LogP contribution in [-0.4, -0.2) is 19.3 Å². The Morgan fingerprint density at radius 1 is 1.17 bits per heavy atom. The van der Waals surface area contributed by atoms with Crippen molar-refractivity contribution < 1.29 is 5.11 Å². The minimum absolute atomic E-state index is 0.0847. The van der Waals surface area contributed by atoms with Gasteiger partial charge in [0.2, 0.25) is 0 Å². The molecule has 0 unspecified atom stereocenters. The van der Waals surface area contributed by atoms with Crippen LogP contribution >= 0.6 is 0 Å². The first-order chi connectivity index (χ1) is 8.34. The van der Waals surface area contributed by atoms with Gasteiger partial charge in [0, 0.05) is 0 Å². The molecule has 0 spiro atoms. The van der Waals surface area contributed by atoms with Crippen LogP contribution in [0.1, 0.15) is 33.1 Å². The Bertz CT molecular complexity index is 397. The molecular weight excluding hydrogens is 236 g/mol. The van der Waals surface area contributed by atoms with Gasteiger partial charge in [0.15, 0.2) is 0 Å². The third-order valence-corrected chi connectivity index (χ3v) is 9.54. The van der Waals surface area contributed by atoms with Crippen LogP contribution < -0.4 is 5.19 Å². The van der Waals surface area contributed by atoms with Crippen molar-refractivity contribution in [2.24, 2.45) is 5.41 Å². The van der Waals surface area contributed by atoms with Gasteiger partial charge in [0.05, 0.1) is 14.2 Å². The molecule has 0 radical (unpaired) electrons. The minimum atomic E-state index is -1.52. The van der Waals surface area contributed by atoms with Crippen molar-refractivity contribution in [3.05, 3.63) is 30.3 Å². The fourth-order valence-corrected chi connectivity index (χ4v) is 8.18. The maximum Gasteiger partial charge on any atom is 0.0843 e. The quantitative estimate of drug-likeness (QED) is 0.808. The molecule has 1 aromatic carbocycles. The molecular formula is C16H26OSi. The lowest BCUT2D eigenvalue weighted by molar-refractivity contribution is 0.0783. The second-order valence-electron chi connectivity index (χ2n) is 7.06. The third-order valence-electron chi connectivity index (χ3n) is 4.96. The molecule has 0 amide bonds. The summed E-state index contributed by atoms with van der Waals surface area (Å²) in [5, 5.41) is 11.6. The van der Waals surface area contributed by atoms with Crippen molar-refractivity contribution in [1.29, 1.82) is 0 Å². The van der Waals surface area contributed by atoms with Crippen LogP contribution in [0.4, 0.5) is 0 Å². The zero-order chi connectivity index (χ0) is 13.4. The summed E-state index contributed by atoms with van der Waals surface area (Å²) in [5.41, 5.74) is 1.03. The Hall–Kier alpha value is -0.603. The SMILES string of the molecule is CC1(C)CC[C@H](O)C[C@@H]1[Si](C)(C)c1ccccc1. The van der Waals surface area contributed by atoms with Gasteiger partial charge in [-0.25, -0.2) is 0 Å². The highest BCUT2D eigenvalue weighted by molar-refractivity contribution is 6.91. The molecule has 0 bridgehead atoms. The first-order valence-electron chi connectivity index (χ1n) is 7.07. The number of hydrogen-bond acceptors (Lipinski definition) is 1. The molecule has 1 saturated carbocycles. The van der Waals surface area contributed by atoms with E-state index in [0.717, 1.165) is 19.3 Å². The van der Waals surface area contributed by atoms with E-state index in [4.69, 9.17) is 0 Å². The maximum atomic E-state index is 10.0. The van der Waals surface area contributed by atoms with Crippen LogP contribution in [0.2, 0.25) is 18.6 Å². The second-order valence-corrected chi connectivity index (χ2v) is 11.8. The zero-order valence-electron chi connectivity index (χ0n) is 12.1. The van der Waals surface area contributed by atoms with E-state index in [1.54, 1.807) is 0 Å². The lowest BCUT2D eigenvalue weighted by atomic mass is 9.76. The highest BCUT2D eigenvalue weighted by Crippen LogP contribution is 2.49. The van der Waals surface area contributed by atoms with Crippen molar-refractivity contribution in [3.8, 4) is 0 Å². The summed E-state index contributed by atoms with van der Waals surface area (Å²) in [7, 11) is -1.52. The fraction of sp³-hybridized carbons (Fsp3) is 0.625. The molecule has 1 aliphatic rings. The first-order valence-corrected chi connectivity index (χ1v) is 10.2. The summed E-state index contributed by atoms with van der Waals surface area (Å²) >= 11 is 0. The Morgan fingerprint density at radius 3 is 2.39 bits per heavy atom. The van der Waals surface area contributed by atoms with E-state index in [2.05, 4.69) is 57.3 Å². The van der Waals surface area contributed by atoms with E-state index in [9.17, 15) is 5.11 Å². The predicted octanol–water partition coefficient (Wildman–Crippen LogP) is 3.54. The monoisotopic (exact) mass is 262 g/mol. The molecule has 1 aliphatic carbocycles. The molecule has 2 atom stereocenters. The second kappa shape index (κ2) is 4.82. The van der Waals surface area contributed by atoms with Gasteiger partial charge in [-0.15, -0.1) is 0 Å². The Balaban J connectivity index is 2.33. The van der Waals surface area contributed by atoms with Gasteiger partial charge in [-0.05, 0) is 30.2 Å². The molecule has 2 heteroatoms. The van der Waals surface area contributed by atoms with E-state index >= 15 is 0 Å². The molecule has 100 valence electrons. The molecule has 18 heavy (non-hydrogen) atoms. The minimum Gasteiger partial charge on any atom is -0.393 e. The van der Waals surface area contributed by atoms with Crippen molar-refractivity contribution in [1.82, 2.24) is 0 Å². The van der Waals surface area contributed by atoms with Crippen molar-refractivity contribution in [3.63, 3.8) is 0 Å². The van der Waals surface area contributed by atoms with E-state index in [1.807, 2.05) is 0 Å². The molecule has 0 aliphatic heterocycles. The first kappa shape index (κ1) is 13.8. The van der Waals surface area contributed by atoms with E-state index < -0.39 is 8.07 Å². The van der Waals surface area contributed by atoms with Crippen LogP contribution in [0.25, 0.3) is 0 Å². The van der Waals surface area contributed by atoms with Gasteiger partial charge in [0.25, 0.3) is 0 Å². The average molecular weight is 262 g/mol. The molecule has 0 saturated heterocycles. The zero-order valence-corrected chi connectivity index (χ0v) is 13.1. The summed E-state index contributed by atoms with van der Waals surface area (Å²) in [6.07, 6.45) is 3.03. The molecule has 1 aromatic rings. The van der Waals surface area contributed by atoms with Crippen LogP contribution in [0.5, 0.6) is 0 Å². The highest BCUT2D eigenvalue weighted by Gasteiger charge is 2.46. The van der Waals surface area contributed by atoms with Crippen LogP contribution in [0.3, 0.4) is 0 Å². The van der Waals surface area contributed by atoms with Gasteiger partial charge in [-0.3, -0.25) is 0 Å². The van der Waals surface area contributed by atoms with E-state index in [-0.39, 0.29) is 6.10 Å². The average Bonchev–Trinajstić information content (AvgIpc) is 2.33. The van der Waals surface area contributed by atoms with Crippen LogP contribution in [-0.2, 0) is 0 Å². The molecule has 1 fully saturated rings. The number of rotatable bonds is 2. The van der Waals surface area contributed by atoms with Crippen molar-refractivity contribution in [2.45, 2.75) is 57.8 Å². The fourth-order valence-electron chi connectivity index (χ4n) is 3.76. The molecule has 1 nitrogen and oxygen atoms in total. The Kier molecular flexibility index (Phi) is 3.70. The summed E-state index contributed by atoms with van der Waals surface area (Å²) in [6.45, 7) is 9.71. The molecule has 2 rings (SSSR count). The Morgan fingerprint density at radius 2 is 1.78 bits per heavy atom. The lowest BCUT2D eigenvalue weighted by Crippen LogP contribution is -2.53. The summed E-state index contributed by atoms with van der Waals surface area (Å²) in [4.78, 5) is 0. The Labute approximate surface area is 112 Å². The van der Waals surface area contributed by atoms with Gasteiger partial charge < -0.3 is 5.11 Å². The van der Waals surface area contributed by atoms with Crippen molar-refractivity contribution in [2.75, 3.05) is 0 Å². The predicted molar refractivity (Wildman–Crippen MR) is 80.9 cm³/mol. The number of aliphatic hydroxyl groups is 1. The maximum absolute atomic E-state index is 10.0. The van der Waals surface area contributed by atoms with Gasteiger partial charge in [-0.2, -0.15) is 0 Å². The van der Waals surface area contributed by atoms with Gasteiger partial charge in [0.1, 0.15) is 0 Å². The van der Waals surface area contributed by atoms with E-state index in [0.29, 0.717) is 11.0 Å². The highest BCUT2D eigenvalue weighted by atomic mass is 28.3. The lowest BCUT2D eigenvalue weighted by Gasteiger charge is -2.48.